The van der Waals surface area contributed by atoms with E-state index >= 15 is 0 Å². The summed E-state index contributed by atoms with van der Waals surface area (Å²) in [6.07, 6.45) is 5.59. The zero-order valence-corrected chi connectivity index (χ0v) is 17.4. The fraction of sp³-hybridized carbons (Fsp3) is 0.115. The number of rotatable bonds is 3. The zero-order valence-electron chi connectivity index (χ0n) is 17.4. The van der Waals surface area contributed by atoms with Crippen molar-refractivity contribution in [3.05, 3.63) is 78.8 Å². The van der Waals surface area contributed by atoms with Gasteiger partial charge in [0.05, 0.1) is 22.1 Å². The maximum Gasteiger partial charge on any atom is 0.140 e. The summed E-state index contributed by atoms with van der Waals surface area (Å²) in [6.45, 7) is 8.21. The lowest BCUT2D eigenvalue weighted by atomic mass is 9.98. The molecule has 0 bridgehead atoms. The van der Waals surface area contributed by atoms with E-state index in [2.05, 4.69) is 70.7 Å². The number of pyridine rings is 2. The van der Waals surface area contributed by atoms with E-state index in [-0.39, 0.29) is 5.92 Å². The van der Waals surface area contributed by atoms with Gasteiger partial charge in [-0.05, 0) is 54.8 Å². The highest BCUT2D eigenvalue weighted by Crippen LogP contribution is 2.37. The first-order valence-electron chi connectivity index (χ1n) is 10.4. The Kier molecular flexibility index (Phi) is 3.74. The molecule has 1 atom stereocenters. The third-order valence-electron chi connectivity index (χ3n) is 6.19. The molecule has 2 aromatic carbocycles. The molecule has 0 aliphatic carbocycles. The molecule has 4 aromatic heterocycles. The number of hydrogen-bond donors (Lipinski definition) is 2. The first kappa shape index (κ1) is 17.8. The predicted molar refractivity (Wildman–Crippen MR) is 127 cm³/mol. The van der Waals surface area contributed by atoms with E-state index in [0.717, 1.165) is 60.8 Å². The third kappa shape index (κ3) is 2.53. The topological polar surface area (TPSA) is 70.2 Å². The van der Waals surface area contributed by atoms with Crippen LogP contribution in [0.1, 0.15) is 24.1 Å². The molecule has 31 heavy (non-hydrogen) atoms. The third-order valence-corrected chi connectivity index (χ3v) is 6.19. The van der Waals surface area contributed by atoms with Crippen molar-refractivity contribution < 1.29 is 0 Å². The number of aromatic amines is 2. The molecule has 150 valence electrons. The summed E-state index contributed by atoms with van der Waals surface area (Å²) in [7, 11) is 0. The monoisotopic (exact) mass is 403 g/mol. The van der Waals surface area contributed by atoms with Crippen LogP contribution in [0.3, 0.4) is 0 Å². The quantitative estimate of drug-likeness (QED) is 0.265. The molecule has 0 saturated carbocycles. The first-order valence-corrected chi connectivity index (χ1v) is 10.4. The van der Waals surface area contributed by atoms with Crippen LogP contribution in [-0.4, -0.2) is 24.9 Å². The summed E-state index contributed by atoms with van der Waals surface area (Å²) in [5, 5.41) is 3.19. The van der Waals surface area contributed by atoms with Crippen molar-refractivity contribution in [2.45, 2.75) is 19.8 Å². The number of hydrogen-bond acceptors (Lipinski definition) is 3. The standard InChI is InChI=1S/C26H21N5/c1-4-14(2)16-9-10-20-19(13-16)21(15(3)29-20)26-30-24-17-7-5-11-27-22(17)23-18(25(24)31-26)8-6-12-28-23/h4-14,29H,1H2,2-3H3,(H,30,31). The van der Waals surface area contributed by atoms with E-state index in [0.29, 0.717) is 0 Å². The van der Waals surface area contributed by atoms with Crippen molar-refractivity contribution in [2.75, 3.05) is 0 Å². The Morgan fingerprint density at radius 2 is 1.65 bits per heavy atom. The number of H-pyrrole nitrogens is 2. The molecular weight excluding hydrogens is 382 g/mol. The molecular formula is C26H21N5. The molecule has 0 saturated heterocycles. The average Bonchev–Trinajstić information content (AvgIpc) is 3.38. The second-order valence-electron chi connectivity index (χ2n) is 8.06. The van der Waals surface area contributed by atoms with Crippen LogP contribution in [0.15, 0.2) is 67.5 Å². The molecule has 0 fully saturated rings. The van der Waals surface area contributed by atoms with Crippen LogP contribution in [0.25, 0.3) is 55.1 Å². The summed E-state index contributed by atoms with van der Waals surface area (Å²) < 4.78 is 0. The van der Waals surface area contributed by atoms with Gasteiger partial charge in [0.25, 0.3) is 0 Å². The Labute approximate surface area is 178 Å². The van der Waals surface area contributed by atoms with Gasteiger partial charge < -0.3 is 9.97 Å². The number of benzene rings is 2. The van der Waals surface area contributed by atoms with Crippen LogP contribution >= 0.6 is 0 Å². The van der Waals surface area contributed by atoms with E-state index in [1.807, 2.05) is 30.6 Å². The van der Waals surface area contributed by atoms with Gasteiger partial charge in [0.2, 0.25) is 0 Å². The second-order valence-corrected chi connectivity index (χ2v) is 8.06. The van der Waals surface area contributed by atoms with E-state index in [1.165, 1.54) is 5.56 Å². The van der Waals surface area contributed by atoms with Gasteiger partial charge in [0.1, 0.15) is 5.82 Å². The Hall–Kier alpha value is -3.99. The Bertz CT molecular complexity index is 1560. The van der Waals surface area contributed by atoms with Crippen LogP contribution < -0.4 is 0 Å². The number of allylic oxidation sites excluding steroid dienone is 1. The first-order chi connectivity index (χ1) is 15.2. The summed E-state index contributed by atoms with van der Waals surface area (Å²) >= 11 is 0. The highest BCUT2D eigenvalue weighted by Gasteiger charge is 2.19. The van der Waals surface area contributed by atoms with Gasteiger partial charge >= 0.3 is 0 Å². The lowest BCUT2D eigenvalue weighted by Crippen LogP contribution is -1.88. The smallest absolute Gasteiger partial charge is 0.140 e. The molecule has 5 nitrogen and oxygen atoms in total. The summed E-state index contributed by atoms with van der Waals surface area (Å²) in [6, 6.07) is 14.6. The van der Waals surface area contributed by atoms with Crippen molar-refractivity contribution in [3.63, 3.8) is 0 Å². The largest absolute Gasteiger partial charge is 0.358 e. The van der Waals surface area contributed by atoms with E-state index < -0.39 is 0 Å². The van der Waals surface area contributed by atoms with Gasteiger partial charge in [-0.15, -0.1) is 6.58 Å². The molecule has 0 aliphatic heterocycles. The van der Waals surface area contributed by atoms with Crippen LogP contribution in [-0.2, 0) is 0 Å². The molecule has 6 aromatic rings. The number of aryl methyl sites for hydroxylation is 1. The molecule has 5 heteroatoms. The van der Waals surface area contributed by atoms with Gasteiger partial charge in [0, 0.05) is 45.3 Å². The second kappa shape index (κ2) is 6.51. The molecule has 0 aliphatic rings. The van der Waals surface area contributed by atoms with Gasteiger partial charge in [-0.1, -0.05) is 19.1 Å². The number of nitrogens with one attached hydrogen (secondary N) is 2. The van der Waals surface area contributed by atoms with Crippen molar-refractivity contribution in [3.8, 4) is 11.4 Å². The predicted octanol–water partition coefficient (Wildman–Crippen LogP) is 6.41. The minimum absolute atomic E-state index is 0.285. The van der Waals surface area contributed by atoms with Crippen LogP contribution in [0.5, 0.6) is 0 Å². The lowest BCUT2D eigenvalue weighted by molar-refractivity contribution is 0.974. The maximum atomic E-state index is 5.08. The number of nitrogens with zero attached hydrogens (tertiary/aromatic N) is 3. The lowest BCUT2D eigenvalue weighted by Gasteiger charge is -2.06. The average molecular weight is 403 g/mol. The number of aromatic nitrogens is 5. The van der Waals surface area contributed by atoms with Crippen molar-refractivity contribution in [1.29, 1.82) is 0 Å². The Morgan fingerprint density at radius 3 is 2.42 bits per heavy atom. The highest BCUT2D eigenvalue weighted by atomic mass is 14.9. The summed E-state index contributed by atoms with van der Waals surface area (Å²) in [4.78, 5) is 21.4. The molecule has 0 spiro atoms. The molecule has 4 heterocycles. The Morgan fingerprint density at radius 1 is 0.903 bits per heavy atom. The summed E-state index contributed by atoms with van der Waals surface area (Å²) in [5.41, 5.74) is 8.20. The molecule has 6 rings (SSSR count). The molecule has 2 N–H and O–H groups in total. The van der Waals surface area contributed by atoms with Crippen LogP contribution in [0.2, 0.25) is 0 Å². The van der Waals surface area contributed by atoms with E-state index in [9.17, 15) is 0 Å². The van der Waals surface area contributed by atoms with Crippen molar-refractivity contribution in [2.24, 2.45) is 0 Å². The Balaban J connectivity index is 1.71. The van der Waals surface area contributed by atoms with Crippen LogP contribution in [0.4, 0.5) is 0 Å². The number of fused-ring (bicyclic) bond motifs is 7. The maximum absolute atomic E-state index is 5.08. The van der Waals surface area contributed by atoms with E-state index in [4.69, 9.17) is 4.98 Å². The minimum Gasteiger partial charge on any atom is -0.358 e. The van der Waals surface area contributed by atoms with E-state index in [1.54, 1.807) is 0 Å². The molecule has 0 radical (unpaired) electrons. The zero-order chi connectivity index (χ0) is 21.1. The van der Waals surface area contributed by atoms with Gasteiger partial charge in [0.15, 0.2) is 0 Å². The fourth-order valence-corrected chi connectivity index (χ4v) is 4.53. The minimum atomic E-state index is 0.285. The SMILES string of the molecule is C=CC(C)c1ccc2[nH]c(C)c(-c3nc4c5cccnc5c5ncccc5c4[nH]3)c2c1. The van der Waals surface area contributed by atoms with Crippen LogP contribution in [0, 0.1) is 6.92 Å². The molecule has 0 amide bonds. The van der Waals surface area contributed by atoms with Crippen molar-refractivity contribution >= 4 is 43.7 Å². The fourth-order valence-electron chi connectivity index (χ4n) is 4.53. The normalized spacial score (nSPS) is 12.8. The highest BCUT2D eigenvalue weighted by molar-refractivity contribution is 6.21. The van der Waals surface area contributed by atoms with Gasteiger partial charge in [-0.25, -0.2) is 4.98 Å². The summed E-state index contributed by atoms with van der Waals surface area (Å²) in [5.74, 6) is 1.14. The van der Waals surface area contributed by atoms with Crippen molar-refractivity contribution in [1.82, 2.24) is 24.9 Å². The molecule has 1 unspecified atom stereocenters. The van der Waals surface area contributed by atoms with Gasteiger partial charge in [-0.2, -0.15) is 0 Å². The van der Waals surface area contributed by atoms with Gasteiger partial charge in [-0.3, -0.25) is 9.97 Å². The number of imidazole rings is 1.